The number of hydrogen-bond donors (Lipinski definition) is 0. The van der Waals surface area contributed by atoms with E-state index in [-0.39, 0.29) is 5.92 Å². The maximum Gasteiger partial charge on any atom is 0.138 e. The molecule has 0 N–H and O–H groups in total. The van der Waals surface area contributed by atoms with E-state index in [0.29, 0.717) is 11.6 Å². The molecule has 0 heterocycles. The highest BCUT2D eigenvalue weighted by atomic mass is 35.5. The summed E-state index contributed by atoms with van der Waals surface area (Å²) in [6.45, 7) is 8.56. The van der Waals surface area contributed by atoms with E-state index >= 15 is 0 Å². The average molecular weight is 198 g/mol. The molecule has 1 radical (unpaired) electrons. The molecule has 1 aromatic rings. The highest BCUT2D eigenvalue weighted by Crippen LogP contribution is 2.28. The van der Waals surface area contributed by atoms with Gasteiger partial charge < -0.3 is 4.74 Å². The van der Waals surface area contributed by atoms with Crippen molar-refractivity contribution >= 4 is 11.6 Å². The maximum absolute atomic E-state index is 5.93. The second-order valence-corrected chi connectivity index (χ2v) is 3.43. The van der Waals surface area contributed by atoms with Crippen molar-refractivity contribution in [3.05, 3.63) is 35.7 Å². The largest absolute Gasteiger partial charge is 0.492 e. The Balaban J connectivity index is 2.97. The smallest absolute Gasteiger partial charge is 0.138 e. The zero-order valence-corrected chi connectivity index (χ0v) is 8.77. The van der Waals surface area contributed by atoms with Crippen LogP contribution in [0.15, 0.2) is 18.2 Å². The van der Waals surface area contributed by atoms with E-state index in [9.17, 15) is 0 Å². The van der Waals surface area contributed by atoms with Gasteiger partial charge in [0.15, 0.2) is 0 Å². The molecule has 0 aliphatic rings. The van der Waals surface area contributed by atoms with Crippen molar-refractivity contribution < 1.29 is 4.74 Å². The zero-order valence-electron chi connectivity index (χ0n) is 8.01. The van der Waals surface area contributed by atoms with Crippen molar-refractivity contribution in [1.29, 1.82) is 0 Å². The summed E-state index contributed by atoms with van der Waals surface area (Å²) in [5, 5.41) is 0.659. The van der Waals surface area contributed by atoms with Crippen LogP contribution in [-0.2, 0) is 0 Å². The first kappa shape index (κ1) is 10.4. The first-order valence-corrected chi connectivity index (χ1v) is 4.78. The molecular formula is C11H14ClO. The lowest BCUT2D eigenvalue weighted by molar-refractivity contribution is 0.340. The topological polar surface area (TPSA) is 9.23 Å². The van der Waals surface area contributed by atoms with Crippen molar-refractivity contribution in [2.75, 3.05) is 6.61 Å². The van der Waals surface area contributed by atoms with E-state index in [4.69, 9.17) is 16.3 Å². The molecule has 1 nitrogen and oxygen atoms in total. The van der Waals surface area contributed by atoms with Gasteiger partial charge in [-0.15, -0.1) is 0 Å². The van der Waals surface area contributed by atoms with Crippen LogP contribution in [0.5, 0.6) is 5.75 Å². The molecule has 0 saturated carbocycles. The van der Waals surface area contributed by atoms with Gasteiger partial charge in [-0.2, -0.15) is 0 Å². The quantitative estimate of drug-likeness (QED) is 0.719. The van der Waals surface area contributed by atoms with Crippen LogP contribution < -0.4 is 4.74 Å². The van der Waals surface area contributed by atoms with Crippen molar-refractivity contribution in [2.45, 2.75) is 19.8 Å². The molecule has 0 amide bonds. The molecule has 0 fully saturated rings. The molecule has 1 rings (SSSR count). The predicted octanol–water partition coefficient (Wildman–Crippen LogP) is 3.68. The average Bonchev–Trinajstić information content (AvgIpc) is 2.08. The van der Waals surface area contributed by atoms with Crippen LogP contribution in [-0.4, -0.2) is 6.61 Å². The van der Waals surface area contributed by atoms with Gasteiger partial charge in [-0.05, 0) is 37.5 Å². The van der Waals surface area contributed by atoms with Gasteiger partial charge in [0.2, 0.25) is 0 Å². The fraction of sp³-hybridized carbons (Fsp3) is 0.364. The van der Waals surface area contributed by atoms with Gasteiger partial charge in [-0.1, -0.05) is 24.6 Å². The summed E-state index contributed by atoms with van der Waals surface area (Å²) in [6.07, 6.45) is 0. The number of ether oxygens (including phenoxy) is 1. The van der Waals surface area contributed by atoms with Crippen LogP contribution in [0.25, 0.3) is 0 Å². The summed E-state index contributed by atoms with van der Waals surface area (Å²) in [5.74, 6) is 1.01. The van der Waals surface area contributed by atoms with Gasteiger partial charge >= 0.3 is 0 Å². The Labute approximate surface area is 84.7 Å². The summed E-state index contributed by atoms with van der Waals surface area (Å²) in [4.78, 5) is 0. The summed E-state index contributed by atoms with van der Waals surface area (Å²) < 4.78 is 5.37. The third kappa shape index (κ3) is 2.63. The number of benzene rings is 1. The molecule has 0 aromatic heterocycles. The van der Waals surface area contributed by atoms with Gasteiger partial charge in [-0.25, -0.2) is 0 Å². The van der Waals surface area contributed by atoms with Gasteiger partial charge in [0.25, 0.3) is 0 Å². The minimum atomic E-state index is 0.261. The van der Waals surface area contributed by atoms with E-state index in [1.807, 2.05) is 32.0 Å². The zero-order chi connectivity index (χ0) is 9.84. The summed E-state index contributed by atoms with van der Waals surface area (Å²) in [6, 6.07) is 5.77. The molecule has 0 spiro atoms. The number of hydrogen-bond acceptors (Lipinski definition) is 1. The van der Waals surface area contributed by atoms with Crippen molar-refractivity contribution in [3.63, 3.8) is 0 Å². The monoisotopic (exact) mass is 197 g/mol. The van der Waals surface area contributed by atoms with Crippen LogP contribution in [0, 0.1) is 6.92 Å². The van der Waals surface area contributed by atoms with Gasteiger partial charge in [0.1, 0.15) is 5.75 Å². The molecule has 2 heteroatoms. The summed E-state index contributed by atoms with van der Waals surface area (Å²) in [5.41, 5.74) is 1.15. The molecule has 1 aromatic carbocycles. The SMILES string of the molecule is [CH2]C(C)c1ccc(Cl)c(OCC)c1. The fourth-order valence-electron chi connectivity index (χ4n) is 1.09. The van der Waals surface area contributed by atoms with Gasteiger partial charge in [-0.3, -0.25) is 0 Å². The van der Waals surface area contributed by atoms with E-state index in [2.05, 4.69) is 6.92 Å². The Hall–Kier alpha value is -0.690. The van der Waals surface area contributed by atoms with Crippen molar-refractivity contribution in [3.8, 4) is 5.75 Å². The predicted molar refractivity (Wildman–Crippen MR) is 56.4 cm³/mol. The van der Waals surface area contributed by atoms with E-state index in [1.165, 1.54) is 0 Å². The second-order valence-electron chi connectivity index (χ2n) is 3.02. The lowest BCUT2D eigenvalue weighted by Gasteiger charge is -2.10. The van der Waals surface area contributed by atoms with Crippen LogP contribution in [0.3, 0.4) is 0 Å². The second kappa shape index (κ2) is 4.52. The standard InChI is InChI=1S/C11H14ClO/c1-4-13-11-7-9(8(2)3)5-6-10(11)12/h5-8H,2,4H2,1,3H3. The highest BCUT2D eigenvalue weighted by Gasteiger charge is 2.04. The Morgan fingerprint density at radius 1 is 1.54 bits per heavy atom. The summed E-state index contributed by atoms with van der Waals surface area (Å²) in [7, 11) is 0. The van der Waals surface area contributed by atoms with Crippen LogP contribution in [0.1, 0.15) is 25.3 Å². The maximum atomic E-state index is 5.93. The normalized spacial score (nSPS) is 10.5. The van der Waals surface area contributed by atoms with Crippen LogP contribution in [0.4, 0.5) is 0 Å². The number of halogens is 1. The molecule has 1 atom stereocenters. The lowest BCUT2D eigenvalue weighted by atomic mass is 10.0. The molecule has 71 valence electrons. The summed E-state index contributed by atoms with van der Waals surface area (Å²) >= 11 is 5.93. The van der Waals surface area contributed by atoms with E-state index in [0.717, 1.165) is 11.3 Å². The minimum absolute atomic E-state index is 0.261. The minimum Gasteiger partial charge on any atom is -0.492 e. The highest BCUT2D eigenvalue weighted by molar-refractivity contribution is 6.32. The molecule has 0 aliphatic carbocycles. The third-order valence-electron chi connectivity index (χ3n) is 1.82. The molecule has 0 aliphatic heterocycles. The lowest BCUT2D eigenvalue weighted by Crippen LogP contribution is -1.94. The molecule has 13 heavy (non-hydrogen) atoms. The van der Waals surface area contributed by atoms with Crippen LogP contribution in [0.2, 0.25) is 5.02 Å². The molecular weight excluding hydrogens is 184 g/mol. The molecule has 0 bridgehead atoms. The van der Waals surface area contributed by atoms with Gasteiger partial charge in [0, 0.05) is 0 Å². The first-order valence-electron chi connectivity index (χ1n) is 4.40. The van der Waals surface area contributed by atoms with E-state index < -0.39 is 0 Å². The molecule has 1 unspecified atom stereocenters. The number of rotatable bonds is 3. The Bertz CT molecular complexity index is 281. The van der Waals surface area contributed by atoms with Crippen LogP contribution >= 0.6 is 11.6 Å². The Kier molecular flexibility index (Phi) is 3.61. The first-order chi connectivity index (χ1) is 6.15. The fourth-order valence-corrected chi connectivity index (χ4v) is 1.26. The Morgan fingerprint density at radius 2 is 2.23 bits per heavy atom. The third-order valence-corrected chi connectivity index (χ3v) is 2.14. The van der Waals surface area contributed by atoms with Crippen molar-refractivity contribution in [1.82, 2.24) is 0 Å². The van der Waals surface area contributed by atoms with Crippen molar-refractivity contribution in [2.24, 2.45) is 0 Å². The van der Waals surface area contributed by atoms with E-state index in [1.54, 1.807) is 0 Å². The molecule has 0 saturated heterocycles. The Morgan fingerprint density at radius 3 is 2.77 bits per heavy atom. The van der Waals surface area contributed by atoms with Gasteiger partial charge in [0.05, 0.1) is 11.6 Å².